The van der Waals surface area contributed by atoms with E-state index in [1.165, 1.54) is 38.7 Å². The van der Waals surface area contributed by atoms with Crippen molar-refractivity contribution >= 4 is 16.5 Å². The molecule has 0 bridgehead atoms. The Bertz CT molecular complexity index is 1130. The minimum Gasteiger partial charge on any atom is -0.377 e. The molecule has 0 heterocycles. The molecule has 2 nitrogen and oxygen atoms in total. The van der Waals surface area contributed by atoms with Gasteiger partial charge in [0.1, 0.15) is 0 Å². The van der Waals surface area contributed by atoms with Crippen molar-refractivity contribution in [2.45, 2.75) is 25.9 Å². The Morgan fingerprint density at radius 3 is 2.20 bits per heavy atom. The molecule has 2 atom stereocenters. The fourth-order valence-electron chi connectivity index (χ4n) is 4.25. The van der Waals surface area contributed by atoms with Crippen LogP contribution in [0, 0.1) is 6.92 Å². The maximum absolute atomic E-state index is 3.95. The number of anilines is 1. The van der Waals surface area contributed by atoms with Crippen LogP contribution in [0.15, 0.2) is 91.0 Å². The molecule has 0 aliphatic heterocycles. The lowest BCUT2D eigenvalue weighted by Gasteiger charge is -2.29. The van der Waals surface area contributed by atoms with E-state index in [4.69, 9.17) is 0 Å². The number of hydrogen-bond donors (Lipinski definition) is 1. The molecule has 0 amide bonds. The summed E-state index contributed by atoms with van der Waals surface area (Å²) in [6.07, 6.45) is 0. The predicted molar refractivity (Wildman–Crippen MR) is 129 cm³/mol. The van der Waals surface area contributed by atoms with Crippen LogP contribution in [0.4, 0.5) is 5.69 Å². The van der Waals surface area contributed by atoms with Crippen molar-refractivity contribution in [1.29, 1.82) is 0 Å². The van der Waals surface area contributed by atoms with Crippen LogP contribution in [0.5, 0.6) is 0 Å². The Morgan fingerprint density at radius 2 is 1.43 bits per heavy atom. The number of hydrogen-bond acceptors (Lipinski definition) is 2. The van der Waals surface area contributed by atoms with Gasteiger partial charge in [-0.3, -0.25) is 5.32 Å². The normalized spacial score (nSPS) is 13.2. The molecule has 4 rings (SSSR count). The third-order valence-corrected chi connectivity index (χ3v) is 5.83. The Morgan fingerprint density at radius 1 is 0.733 bits per heavy atom. The highest BCUT2D eigenvalue weighted by Gasteiger charge is 2.23. The van der Waals surface area contributed by atoms with Crippen LogP contribution >= 0.6 is 0 Å². The van der Waals surface area contributed by atoms with E-state index in [0.717, 1.165) is 0 Å². The second kappa shape index (κ2) is 8.73. The fraction of sp³-hybridized carbons (Fsp3) is 0.214. The summed E-state index contributed by atoms with van der Waals surface area (Å²) in [4.78, 5) is 2.21. The molecular formula is C28H30N2. The lowest BCUT2D eigenvalue weighted by molar-refractivity contribution is 0.518. The summed E-state index contributed by atoms with van der Waals surface area (Å²) >= 11 is 0. The van der Waals surface area contributed by atoms with Crippen LogP contribution in [-0.2, 0) is 0 Å². The Hall–Kier alpha value is -3.10. The van der Waals surface area contributed by atoms with Crippen LogP contribution < -0.4 is 10.2 Å². The van der Waals surface area contributed by atoms with Crippen molar-refractivity contribution in [2.24, 2.45) is 0 Å². The maximum Gasteiger partial charge on any atom is 0.0608 e. The highest BCUT2D eigenvalue weighted by molar-refractivity contribution is 5.86. The molecular weight excluding hydrogens is 364 g/mol. The molecule has 0 aliphatic rings. The van der Waals surface area contributed by atoms with E-state index in [1.807, 2.05) is 0 Å². The first kappa shape index (κ1) is 20.2. The SMILES string of the molecule is Cc1ccc(N(C)C)c([C@H](N[C@@H](C)c2ccccc2)c2cccc3ccccc23)c1. The van der Waals surface area contributed by atoms with E-state index in [0.29, 0.717) is 0 Å². The lowest BCUT2D eigenvalue weighted by Crippen LogP contribution is -2.27. The number of rotatable bonds is 6. The summed E-state index contributed by atoms with van der Waals surface area (Å²) in [7, 11) is 4.24. The Labute approximate surface area is 180 Å². The smallest absolute Gasteiger partial charge is 0.0608 e. The van der Waals surface area contributed by atoms with Crippen molar-refractivity contribution in [3.63, 3.8) is 0 Å². The third-order valence-electron chi connectivity index (χ3n) is 5.83. The standard InChI is InChI=1S/C28H30N2/c1-20-17-18-27(30(3)4)26(19-20)28(29-21(2)22-11-6-5-7-12-22)25-16-10-14-23-13-8-9-15-24(23)25/h5-19,21,28-29H,1-4H3/t21-,28+/m0/s1. The molecule has 4 aromatic rings. The summed E-state index contributed by atoms with van der Waals surface area (Å²) in [5.41, 5.74) is 6.42. The first-order valence-electron chi connectivity index (χ1n) is 10.6. The minimum absolute atomic E-state index is 0.0728. The summed E-state index contributed by atoms with van der Waals surface area (Å²) in [6.45, 7) is 4.42. The van der Waals surface area contributed by atoms with Crippen LogP contribution in [-0.4, -0.2) is 14.1 Å². The van der Waals surface area contributed by atoms with Crippen molar-refractivity contribution in [2.75, 3.05) is 19.0 Å². The van der Waals surface area contributed by atoms with Gasteiger partial charge in [-0.2, -0.15) is 0 Å². The quantitative estimate of drug-likeness (QED) is 0.394. The largest absolute Gasteiger partial charge is 0.377 e. The molecule has 0 unspecified atom stereocenters. The number of nitrogens with one attached hydrogen (secondary N) is 1. The van der Waals surface area contributed by atoms with E-state index in [1.54, 1.807) is 0 Å². The van der Waals surface area contributed by atoms with Gasteiger partial charge in [-0.25, -0.2) is 0 Å². The zero-order valence-corrected chi connectivity index (χ0v) is 18.3. The molecule has 0 aromatic heterocycles. The lowest BCUT2D eigenvalue weighted by atomic mass is 9.90. The van der Waals surface area contributed by atoms with E-state index in [9.17, 15) is 0 Å². The van der Waals surface area contributed by atoms with Crippen molar-refractivity contribution in [3.05, 3.63) is 113 Å². The molecule has 0 saturated heterocycles. The van der Waals surface area contributed by atoms with Crippen LogP contribution in [0.1, 0.15) is 41.3 Å². The van der Waals surface area contributed by atoms with Gasteiger partial charge in [0.15, 0.2) is 0 Å². The first-order chi connectivity index (χ1) is 14.5. The Kier molecular flexibility index (Phi) is 5.87. The molecule has 4 aromatic carbocycles. The average Bonchev–Trinajstić information content (AvgIpc) is 2.77. The maximum atomic E-state index is 3.95. The van der Waals surface area contributed by atoms with Crippen molar-refractivity contribution in [1.82, 2.24) is 5.32 Å². The van der Waals surface area contributed by atoms with E-state index < -0.39 is 0 Å². The number of benzene rings is 4. The molecule has 0 saturated carbocycles. The minimum atomic E-state index is 0.0728. The topological polar surface area (TPSA) is 15.3 Å². The summed E-state index contributed by atoms with van der Waals surface area (Å²) in [5, 5.41) is 6.52. The summed E-state index contributed by atoms with van der Waals surface area (Å²) < 4.78 is 0. The molecule has 0 radical (unpaired) electrons. The fourth-order valence-corrected chi connectivity index (χ4v) is 4.25. The van der Waals surface area contributed by atoms with Gasteiger partial charge in [0.25, 0.3) is 0 Å². The predicted octanol–water partition coefficient (Wildman–Crippen LogP) is 6.65. The van der Waals surface area contributed by atoms with Gasteiger partial charge in [-0.1, -0.05) is 90.5 Å². The zero-order chi connectivity index (χ0) is 21.1. The molecule has 0 fully saturated rings. The van der Waals surface area contributed by atoms with E-state index in [-0.39, 0.29) is 12.1 Å². The van der Waals surface area contributed by atoms with Gasteiger partial charge in [0.05, 0.1) is 6.04 Å². The number of aryl methyl sites for hydroxylation is 1. The van der Waals surface area contributed by atoms with Gasteiger partial charge in [0, 0.05) is 25.8 Å². The average molecular weight is 395 g/mol. The van der Waals surface area contributed by atoms with Crippen molar-refractivity contribution < 1.29 is 0 Å². The summed E-state index contributed by atoms with van der Waals surface area (Å²) in [6, 6.07) is 33.0. The summed E-state index contributed by atoms with van der Waals surface area (Å²) in [5.74, 6) is 0. The highest BCUT2D eigenvalue weighted by atomic mass is 15.1. The number of nitrogens with zero attached hydrogens (tertiary/aromatic N) is 1. The molecule has 2 heteroatoms. The zero-order valence-electron chi connectivity index (χ0n) is 18.3. The van der Waals surface area contributed by atoms with Gasteiger partial charge < -0.3 is 4.90 Å². The van der Waals surface area contributed by atoms with Crippen molar-refractivity contribution in [3.8, 4) is 0 Å². The Balaban J connectivity index is 1.89. The molecule has 152 valence electrons. The van der Waals surface area contributed by atoms with Crippen LogP contribution in [0.3, 0.4) is 0 Å². The van der Waals surface area contributed by atoms with Gasteiger partial charge >= 0.3 is 0 Å². The van der Waals surface area contributed by atoms with Gasteiger partial charge in [-0.05, 0) is 47.4 Å². The first-order valence-corrected chi connectivity index (χ1v) is 10.6. The molecule has 1 N–H and O–H groups in total. The molecule has 0 aliphatic carbocycles. The second-order valence-corrected chi connectivity index (χ2v) is 8.26. The van der Waals surface area contributed by atoms with Gasteiger partial charge in [0.2, 0.25) is 0 Å². The van der Waals surface area contributed by atoms with E-state index >= 15 is 0 Å². The van der Waals surface area contributed by atoms with Crippen LogP contribution in [0.25, 0.3) is 10.8 Å². The van der Waals surface area contributed by atoms with E-state index in [2.05, 4.69) is 129 Å². The molecule has 0 spiro atoms. The molecule has 30 heavy (non-hydrogen) atoms. The monoisotopic (exact) mass is 394 g/mol. The number of fused-ring (bicyclic) bond motifs is 1. The van der Waals surface area contributed by atoms with Gasteiger partial charge in [-0.15, -0.1) is 0 Å². The highest BCUT2D eigenvalue weighted by Crippen LogP contribution is 2.36. The second-order valence-electron chi connectivity index (χ2n) is 8.26. The third kappa shape index (κ3) is 4.10. The van der Waals surface area contributed by atoms with Crippen LogP contribution in [0.2, 0.25) is 0 Å².